The summed E-state index contributed by atoms with van der Waals surface area (Å²) >= 11 is 7.54. The van der Waals surface area contributed by atoms with Crippen molar-refractivity contribution in [3.8, 4) is 0 Å². The first-order valence-electron chi connectivity index (χ1n) is 5.43. The third-order valence-electron chi connectivity index (χ3n) is 2.61. The third kappa shape index (κ3) is 3.22. The van der Waals surface area contributed by atoms with Gasteiger partial charge in [0.05, 0.1) is 10.9 Å². The normalized spacial score (nSPS) is 10.5. The van der Waals surface area contributed by atoms with Crippen molar-refractivity contribution < 1.29 is 0 Å². The largest absolute Gasteiger partial charge is 0.369 e. The molecule has 90 valence electrons. The molecular weight excluding hydrogens is 252 g/mol. The molecule has 0 saturated heterocycles. The van der Waals surface area contributed by atoms with Crippen LogP contribution in [0.5, 0.6) is 0 Å². The number of thiophene rings is 1. The van der Waals surface area contributed by atoms with Gasteiger partial charge in [-0.25, -0.2) is 0 Å². The van der Waals surface area contributed by atoms with Crippen molar-refractivity contribution in [2.24, 2.45) is 5.73 Å². The molecule has 2 nitrogen and oxygen atoms in total. The Labute approximate surface area is 111 Å². The van der Waals surface area contributed by atoms with Crippen molar-refractivity contribution >= 4 is 28.6 Å². The van der Waals surface area contributed by atoms with E-state index in [-0.39, 0.29) is 0 Å². The predicted octanol–water partition coefficient (Wildman–Crippen LogP) is 3.50. The maximum atomic E-state index is 5.92. The minimum atomic E-state index is 0.576. The molecule has 1 aromatic heterocycles. The molecule has 4 heteroatoms. The number of anilines is 1. The Balaban J connectivity index is 2.11. The molecule has 2 N–H and O–H groups in total. The van der Waals surface area contributed by atoms with Crippen LogP contribution in [0.25, 0.3) is 0 Å². The fourth-order valence-electron chi connectivity index (χ4n) is 1.68. The Bertz CT molecular complexity index is 496. The Kier molecular flexibility index (Phi) is 4.05. The summed E-state index contributed by atoms with van der Waals surface area (Å²) in [5, 5.41) is 0. The second-order valence-corrected chi connectivity index (χ2v) is 5.74. The summed E-state index contributed by atoms with van der Waals surface area (Å²) in [4.78, 5) is 3.46. The zero-order chi connectivity index (χ0) is 12.3. The molecule has 0 fully saturated rings. The molecule has 0 atom stereocenters. The van der Waals surface area contributed by atoms with Gasteiger partial charge in [-0.05, 0) is 29.8 Å². The van der Waals surface area contributed by atoms with Gasteiger partial charge >= 0.3 is 0 Å². The molecule has 17 heavy (non-hydrogen) atoms. The smallest absolute Gasteiger partial charge is 0.0931 e. The summed E-state index contributed by atoms with van der Waals surface area (Å²) in [5.41, 5.74) is 7.97. The van der Waals surface area contributed by atoms with E-state index in [1.807, 2.05) is 18.2 Å². The van der Waals surface area contributed by atoms with Gasteiger partial charge in [-0.1, -0.05) is 23.7 Å². The van der Waals surface area contributed by atoms with Crippen molar-refractivity contribution in [1.29, 1.82) is 0 Å². The van der Waals surface area contributed by atoms with Gasteiger partial charge in [0.15, 0.2) is 0 Å². The molecule has 2 rings (SSSR count). The number of nitrogens with zero attached hydrogens (tertiary/aromatic N) is 1. The van der Waals surface area contributed by atoms with Gasteiger partial charge < -0.3 is 10.6 Å². The monoisotopic (exact) mass is 266 g/mol. The number of nitrogens with two attached hydrogens (primary N) is 1. The molecule has 0 spiro atoms. The summed E-state index contributed by atoms with van der Waals surface area (Å²) in [6, 6.07) is 12.3. The number of rotatable bonds is 4. The quantitative estimate of drug-likeness (QED) is 0.918. The van der Waals surface area contributed by atoms with Crippen LogP contribution >= 0.6 is 22.9 Å². The Morgan fingerprint density at radius 3 is 2.76 bits per heavy atom. The van der Waals surface area contributed by atoms with Gasteiger partial charge in [-0.15, -0.1) is 11.3 Å². The van der Waals surface area contributed by atoms with Gasteiger partial charge in [0.2, 0.25) is 0 Å². The van der Waals surface area contributed by atoms with E-state index >= 15 is 0 Å². The van der Waals surface area contributed by atoms with E-state index in [4.69, 9.17) is 17.3 Å². The highest BCUT2D eigenvalue weighted by Gasteiger charge is 2.04. The predicted molar refractivity (Wildman–Crippen MR) is 75.8 cm³/mol. The Hall–Kier alpha value is -1.03. The molecular formula is C13H15ClN2S. The highest BCUT2D eigenvalue weighted by molar-refractivity contribution is 7.16. The van der Waals surface area contributed by atoms with Crippen LogP contribution in [0.3, 0.4) is 0 Å². The summed E-state index contributed by atoms with van der Waals surface area (Å²) in [6.07, 6.45) is 0. The van der Waals surface area contributed by atoms with Crippen molar-refractivity contribution in [2.45, 2.75) is 13.1 Å². The molecule has 0 unspecified atom stereocenters. The lowest BCUT2D eigenvalue weighted by Crippen LogP contribution is -2.15. The van der Waals surface area contributed by atoms with E-state index in [1.54, 1.807) is 11.3 Å². The number of hydrogen-bond donors (Lipinski definition) is 1. The van der Waals surface area contributed by atoms with E-state index in [9.17, 15) is 0 Å². The van der Waals surface area contributed by atoms with Gasteiger partial charge in [0.25, 0.3) is 0 Å². The van der Waals surface area contributed by atoms with Crippen LogP contribution in [0.1, 0.15) is 10.4 Å². The topological polar surface area (TPSA) is 29.3 Å². The number of hydrogen-bond acceptors (Lipinski definition) is 3. The van der Waals surface area contributed by atoms with Crippen molar-refractivity contribution in [1.82, 2.24) is 0 Å². The highest BCUT2D eigenvalue weighted by atomic mass is 35.5. The molecule has 0 bridgehead atoms. The second kappa shape index (κ2) is 5.54. The van der Waals surface area contributed by atoms with Crippen molar-refractivity contribution in [2.75, 3.05) is 11.9 Å². The fourth-order valence-corrected chi connectivity index (χ4v) is 2.82. The maximum absolute atomic E-state index is 5.92. The lowest BCUT2D eigenvalue weighted by atomic mass is 10.2. The van der Waals surface area contributed by atoms with E-state index in [2.05, 4.69) is 30.1 Å². The summed E-state index contributed by atoms with van der Waals surface area (Å²) in [6.45, 7) is 1.44. The first-order valence-corrected chi connectivity index (χ1v) is 6.63. The van der Waals surface area contributed by atoms with Crippen molar-refractivity contribution in [3.63, 3.8) is 0 Å². The molecule has 0 amide bonds. The minimum Gasteiger partial charge on any atom is -0.369 e. The summed E-state index contributed by atoms with van der Waals surface area (Å²) < 4.78 is 0.837. The zero-order valence-electron chi connectivity index (χ0n) is 9.69. The Morgan fingerprint density at radius 2 is 2.12 bits per heavy atom. The highest BCUT2D eigenvalue weighted by Crippen LogP contribution is 2.24. The van der Waals surface area contributed by atoms with E-state index < -0.39 is 0 Å². The number of halogens is 1. The van der Waals surface area contributed by atoms with Crippen LogP contribution in [-0.2, 0) is 13.1 Å². The maximum Gasteiger partial charge on any atom is 0.0931 e. The summed E-state index contributed by atoms with van der Waals surface area (Å²) in [5.74, 6) is 0. The first kappa shape index (κ1) is 12.4. The molecule has 0 saturated carbocycles. The van der Waals surface area contributed by atoms with Crippen LogP contribution in [0.2, 0.25) is 4.34 Å². The molecule has 1 heterocycles. The van der Waals surface area contributed by atoms with Crippen LogP contribution in [0.4, 0.5) is 5.69 Å². The van der Waals surface area contributed by atoms with Gasteiger partial charge in [0.1, 0.15) is 0 Å². The van der Waals surface area contributed by atoms with E-state index in [0.717, 1.165) is 16.4 Å². The van der Waals surface area contributed by atoms with Gasteiger partial charge in [-0.2, -0.15) is 0 Å². The minimum absolute atomic E-state index is 0.576. The molecule has 0 aliphatic heterocycles. The number of benzene rings is 1. The molecule has 2 aromatic rings. The Morgan fingerprint density at radius 1 is 1.29 bits per heavy atom. The zero-order valence-corrected chi connectivity index (χ0v) is 11.3. The molecule has 0 radical (unpaired) electrons. The SMILES string of the molecule is CN(Cc1ccc(Cl)s1)c1cccc(CN)c1. The van der Waals surface area contributed by atoms with Gasteiger partial charge in [0, 0.05) is 24.2 Å². The molecule has 0 aliphatic rings. The van der Waals surface area contributed by atoms with E-state index in [0.29, 0.717) is 6.54 Å². The van der Waals surface area contributed by atoms with Crippen LogP contribution < -0.4 is 10.6 Å². The lowest BCUT2D eigenvalue weighted by molar-refractivity contribution is 0.935. The third-order valence-corrected chi connectivity index (χ3v) is 3.82. The molecule has 0 aliphatic carbocycles. The average molecular weight is 267 g/mol. The van der Waals surface area contributed by atoms with Gasteiger partial charge in [-0.3, -0.25) is 0 Å². The summed E-state index contributed by atoms with van der Waals surface area (Å²) in [7, 11) is 2.07. The fraction of sp³-hybridized carbons (Fsp3) is 0.231. The molecule has 1 aromatic carbocycles. The van der Waals surface area contributed by atoms with Crippen LogP contribution in [-0.4, -0.2) is 7.05 Å². The first-order chi connectivity index (χ1) is 8.19. The second-order valence-electron chi connectivity index (χ2n) is 3.94. The standard InChI is InChI=1S/C13H15ClN2S/c1-16(9-12-5-6-13(14)17-12)11-4-2-3-10(7-11)8-15/h2-7H,8-9,15H2,1H3. The van der Waals surface area contributed by atoms with E-state index in [1.165, 1.54) is 10.6 Å². The van der Waals surface area contributed by atoms with Crippen molar-refractivity contribution in [3.05, 3.63) is 51.2 Å². The average Bonchev–Trinajstić information content (AvgIpc) is 2.75. The van der Waals surface area contributed by atoms with Crippen LogP contribution in [0, 0.1) is 0 Å². The lowest BCUT2D eigenvalue weighted by Gasteiger charge is -2.19. The van der Waals surface area contributed by atoms with Crippen LogP contribution in [0.15, 0.2) is 36.4 Å².